The molecule has 0 aliphatic carbocycles. The van der Waals surface area contributed by atoms with Crippen molar-refractivity contribution >= 4 is 5.91 Å². The van der Waals surface area contributed by atoms with Gasteiger partial charge in [0.25, 0.3) is 0 Å². The molecule has 0 aromatic heterocycles. The number of nitrogens with one attached hydrogen (secondary N) is 3. The van der Waals surface area contributed by atoms with Gasteiger partial charge >= 0.3 is 0 Å². The highest BCUT2D eigenvalue weighted by Crippen LogP contribution is 2.18. The molecule has 2 saturated heterocycles. The summed E-state index contributed by atoms with van der Waals surface area (Å²) in [5.41, 5.74) is -0.186. The second kappa shape index (κ2) is 5.12. The van der Waals surface area contributed by atoms with Crippen LogP contribution >= 0.6 is 0 Å². The first-order chi connectivity index (χ1) is 7.70. The Labute approximate surface area is 96.3 Å². The highest BCUT2D eigenvalue weighted by atomic mass is 16.5. The predicted octanol–water partition coefficient (Wildman–Crippen LogP) is -0.767. The van der Waals surface area contributed by atoms with E-state index in [0.717, 1.165) is 32.5 Å². The summed E-state index contributed by atoms with van der Waals surface area (Å²) in [5.74, 6) is 0.0835. The lowest BCUT2D eigenvalue weighted by atomic mass is 9.94. The fourth-order valence-corrected chi connectivity index (χ4v) is 2.26. The molecule has 0 radical (unpaired) electrons. The molecule has 0 saturated carbocycles. The molecule has 2 fully saturated rings. The van der Waals surface area contributed by atoms with Gasteiger partial charge in [0.05, 0.1) is 18.2 Å². The van der Waals surface area contributed by atoms with Crippen LogP contribution in [0.3, 0.4) is 0 Å². The maximum Gasteiger partial charge on any atom is 0.238 e. The summed E-state index contributed by atoms with van der Waals surface area (Å²) in [5, 5.41) is 9.52. The van der Waals surface area contributed by atoms with Crippen molar-refractivity contribution in [3.8, 4) is 0 Å². The molecule has 2 aliphatic heterocycles. The number of rotatable bonds is 2. The third kappa shape index (κ3) is 2.93. The largest absolute Gasteiger partial charge is 0.379 e. The SMILES string of the molecule is CC1(NC(=O)C2CNCCN2)CCCOC1. The van der Waals surface area contributed by atoms with Crippen LogP contribution in [0, 0.1) is 0 Å². The highest BCUT2D eigenvalue weighted by Gasteiger charge is 2.32. The van der Waals surface area contributed by atoms with Crippen molar-refractivity contribution in [2.75, 3.05) is 32.8 Å². The third-order valence-corrected chi connectivity index (χ3v) is 3.22. The quantitative estimate of drug-likeness (QED) is 0.580. The smallest absolute Gasteiger partial charge is 0.238 e. The number of piperazine rings is 1. The molecule has 5 heteroatoms. The van der Waals surface area contributed by atoms with Crippen molar-refractivity contribution in [1.82, 2.24) is 16.0 Å². The van der Waals surface area contributed by atoms with Crippen LogP contribution in [0.4, 0.5) is 0 Å². The van der Waals surface area contributed by atoms with E-state index in [4.69, 9.17) is 4.74 Å². The lowest BCUT2D eigenvalue weighted by molar-refractivity contribution is -0.126. The van der Waals surface area contributed by atoms with E-state index in [1.165, 1.54) is 0 Å². The lowest BCUT2D eigenvalue weighted by Gasteiger charge is -2.36. The Kier molecular flexibility index (Phi) is 3.78. The third-order valence-electron chi connectivity index (χ3n) is 3.22. The zero-order valence-electron chi connectivity index (χ0n) is 9.84. The van der Waals surface area contributed by atoms with Gasteiger partial charge in [0.1, 0.15) is 0 Å². The van der Waals surface area contributed by atoms with E-state index in [1.54, 1.807) is 0 Å². The molecule has 0 aromatic rings. The summed E-state index contributed by atoms with van der Waals surface area (Å²) in [6.45, 7) is 5.99. The minimum Gasteiger partial charge on any atom is -0.379 e. The van der Waals surface area contributed by atoms with E-state index < -0.39 is 0 Å². The van der Waals surface area contributed by atoms with Gasteiger partial charge in [-0.2, -0.15) is 0 Å². The molecule has 2 unspecified atom stereocenters. The van der Waals surface area contributed by atoms with E-state index in [1.807, 2.05) is 0 Å². The number of ether oxygens (including phenoxy) is 1. The van der Waals surface area contributed by atoms with Crippen LogP contribution in [0.15, 0.2) is 0 Å². The summed E-state index contributed by atoms with van der Waals surface area (Å²) in [4.78, 5) is 12.0. The molecule has 2 aliphatic rings. The Bertz CT molecular complexity index is 246. The van der Waals surface area contributed by atoms with E-state index in [2.05, 4.69) is 22.9 Å². The Balaban J connectivity index is 1.85. The van der Waals surface area contributed by atoms with Crippen LogP contribution in [0.1, 0.15) is 19.8 Å². The van der Waals surface area contributed by atoms with Gasteiger partial charge < -0.3 is 20.7 Å². The Morgan fingerprint density at radius 3 is 3.00 bits per heavy atom. The van der Waals surface area contributed by atoms with Crippen molar-refractivity contribution in [1.29, 1.82) is 0 Å². The van der Waals surface area contributed by atoms with Gasteiger partial charge in [0.15, 0.2) is 0 Å². The fraction of sp³-hybridized carbons (Fsp3) is 0.909. The number of hydrogen-bond donors (Lipinski definition) is 3. The molecule has 92 valence electrons. The maximum absolute atomic E-state index is 12.0. The molecule has 0 spiro atoms. The Morgan fingerprint density at radius 1 is 1.50 bits per heavy atom. The van der Waals surface area contributed by atoms with Gasteiger partial charge in [-0.3, -0.25) is 4.79 Å². The maximum atomic E-state index is 12.0. The van der Waals surface area contributed by atoms with Crippen LogP contribution in [0.25, 0.3) is 0 Å². The van der Waals surface area contributed by atoms with Crippen molar-refractivity contribution < 1.29 is 9.53 Å². The van der Waals surface area contributed by atoms with Crippen molar-refractivity contribution in [3.63, 3.8) is 0 Å². The predicted molar refractivity (Wildman–Crippen MR) is 61.3 cm³/mol. The summed E-state index contributed by atoms with van der Waals surface area (Å²) in [7, 11) is 0. The summed E-state index contributed by atoms with van der Waals surface area (Å²) in [6.07, 6.45) is 2.02. The highest BCUT2D eigenvalue weighted by molar-refractivity contribution is 5.82. The first kappa shape index (κ1) is 11.8. The molecule has 3 N–H and O–H groups in total. The van der Waals surface area contributed by atoms with E-state index in [0.29, 0.717) is 13.2 Å². The van der Waals surface area contributed by atoms with E-state index in [-0.39, 0.29) is 17.5 Å². The lowest BCUT2D eigenvalue weighted by Crippen LogP contribution is -2.61. The van der Waals surface area contributed by atoms with Crippen LogP contribution in [0.5, 0.6) is 0 Å². The molecule has 0 aromatic carbocycles. The standard InChI is InChI=1S/C11H21N3O2/c1-11(3-2-6-16-8-11)14-10(15)9-7-12-4-5-13-9/h9,12-13H,2-8H2,1H3,(H,14,15). The van der Waals surface area contributed by atoms with Gasteiger partial charge in [-0.25, -0.2) is 0 Å². The van der Waals surface area contributed by atoms with Crippen molar-refractivity contribution in [2.24, 2.45) is 0 Å². The van der Waals surface area contributed by atoms with E-state index >= 15 is 0 Å². The summed E-state index contributed by atoms with van der Waals surface area (Å²) in [6, 6.07) is -0.104. The Hall–Kier alpha value is -0.650. The van der Waals surface area contributed by atoms with Crippen molar-refractivity contribution in [2.45, 2.75) is 31.3 Å². The van der Waals surface area contributed by atoms with Gasteiger partial charge in [-0.05, 0) is 19.8 Å². The number of hydrogen-bond acceptors (Lipinski definition) is 4. The molecular formula is C11H21N3O2. The second-order valence-electron chi connectivity index (χ2n) is 4.92. The number of amides is 1. The minimum atomic E-state index is -0.186. The monoisotopic (exact) mass is 227 g/mol. The Morgan fingerprint density at radius 2 is 2.38 bits per heavy atom. The van der Waals surface area contributed by atoms with Crippen LogP contribution < -0.4 is 16.0 Å². The molecule has 1 amide bonds. The average Bonchev–Trinajstić information content (AvgIpc) is 2.30. The van der Waals surface area contributed by atoms with Crippen LogP contribution in [0.2, 0.25) is 0 Å². The van der Waals surface area contributed by atoms with Crippen LogP contribution in [-0.4, -0.2) is 50.3 Å². The molecule has 0 bridgehead atoms. The fourth-order valence-electron chi connectivity index (χ4n) is 2.26. The second-order valence-corrected chi connectivity index (χ2v) is 4.92. The van der Waals surface area contributed by atoms with Crippen molar-refractivity contribution in [3.05, 3.63) is 0 Å². The zero-order chi connectivity index (χ0) is 11.4. The topological polar surface area (TPSA) is 62.4 Å². The average molecular weight is 227 g/mol. The molecule has 5 nitrogen and oxygen atoms in total. The molecule has 2 heterocycles. The number of carbonyl (C=O) groups is 1. The molecular weight excluding hydrogens is 206 g/mol. The van der Waals surface area contributed by atoms with Gasteiger partial charge in [-0.1, -0.05) is 0 Å². The van der Waals surface area contributed by atoms with E-state index in [9.17, 15) is 4.79 Å². The van der Waals surface area contributed by atoms with Crippen LogP contribution in [-0.2, 0) is 9.53 Å². The zero-order valence-corrected chi connectivity index (χ0v) is 9.84. The molecule has 2 rings (SSSR count). The summed E-state index contributed by atoms with van der Waals surface area (Å²) < 4.78 is 5.42. The summed E-state index contributed by atoms with van der Waals surface area (Å²) >= 11 is 0. The molecule has 16 heavy (non-hydrogen) atoms. The number of carbonyl (C=O) groups excluding carboxylic acids is 1. The minimum absolute atomic E-state index is 0.0835. The van der Waals surface area contributed by atoms with Gasteiger partial charge in [-0.15, -0.1) is 0 Å². The van der Waals surface area contributed by atoms with Gasteiger partial charge in [0, 0.05) is 26.2 Å². The first-order valence-corrected chi connectivity index (χ1v) is 6.03. The molecule has 2 atom stereocenters. The normalized spacial score (nSPS) is 35.7. The van der Waals surface area contributed by atoms with Gasteiger partial charge in [0.2, 0.25) is 5.91 Å². The first-order valence-electron chi connectivity index (χ1n) is 6.03.